The van der Waals surface area contributed by atoms with Crippen LogP contribution in [0.3, 0.4) is 0 Å². The highest BCUT2D eigenvalue weighted by molar-refractivity contribution is 7.11. The number of morpholine rings is 1. The van der Waals surface area contributed by atoms with Crippen LogP contribution in [0.2, 0.25) is 0 Å². The van der Waals surface area contributed by atoms with Crippen molar-refractivity contribution in [2.24, 2.45) is 0 Å². The predicted octanol–water partition coefficient (Wildman–Crippen LogP) is 1.72. The standard InChI is InChI=1S/C15H18N4O2S/c1-11-13(18-5-4-17-11)3-2-12-9-21-7-6-19(12)15(20)14-8-16-10-22-14/h4-5,8,10,12H,2-3,6-7,9H2,1H3/t12-/m1/s1. The summed E-state index contributed by atoms with van der Waals surface area (Å²) in [5, 5.41) is 0. The lowest BCUT2D eigenvalue weighted by Crippen LogP contribution is -2.48. The highest BCUT2D eigenvalue weighted by Gasteiger charge is 2.28. The first-order valence-electron chi connectivity index (χ1n) is 7.29. The fourth-order valence-electron chi connectivity index (χ4n) is 2.61. The molecule has 7 heteroatoms. The van der Waals surface area contributed by atoms with Crippen LogP contribution < -0.4 is 0 Å². The summed E-state index contributed by atoms with van der Waals surface area (Å²) < 4.78 is 5.56. The summed E-state index contributed by atoms with van der Waals surface area (Å²) in [6.45, 7) is 3.75. The van der Waals surface area contributed by atoms with Crippen molar-refractivity contribution >= 4 is 17.2 Å². The Morgan fingerprint density at radius 1 is 1.45 bits per heavy atom. The molecule has 22 heavy (non-hydrogen) atoms. The Kier molecular flexibility index (Phi) is 4.74. The molecule has 1 atom stereocenters. The van der Waals surface area contributed by atoms with Crippen LogP contribution in [0.4, 0.5) is 0 Å². The average Bonchev–Trinajstić information content (AvgIpc) is 3.08. The van der Waals surface area contributed by atoms with Crippen LogP contribution in [0, 0.1) is 6.92 Å². The van der Waals surface area contributed by atoms with Gasteiger partial charge < -0.3 is 9.64 Å². The maximum absolute atomic E-state index is 12.6. The molecule has 0 N–H and O–H groups in total. The van der Waals surface area contributed by atoms with E-state index >= 15 is 0 Å². The van der Waals surface area contributed by atoms with Crippen molar-refractivity contribution in [3.63, 3.8) is 0 Å². The third-order valence-electron chi connectivity index (χ3n) is 3.83. The van der Waals surface area contributed by atoms with Gasteiger partial charge in [0.2, 0.25) is 0 Å². The minimum absolute atomic E-state index is 0.0478. The molecule has 2 aromatic heterocycles. The first-order chi connectivity index (χ1) is 10.8. The van der Waals surface area contributed by atoms with Crippen molar-refractivity contribution < 1.29 is 9.53 Å². The van der Waals surface area contributed by atoms with Crippen LogP contribution >= 0.6 is 11.3 Å². The van der Waals surface area contributed by atoms with Gasteiger partial charge in [-0.05, 0) is 19.8 Å². The molecule has 6 nitrogen and oxygen atoms in total. The largest absolute Gasteiger partial charge is 0.377 e. The zero-order valence-electron chi connectivity index (χ0n) is 12.4. The van der Waals surface area contributed by atoms with Crippen LogP contribution in [0.5, 0.6) is 0 Å². The fourth-order valence-corrected chi connectivity index (χ4v) is 3.18. The van der Waals surface area contributed by atoms with E-state index in [1.54, 1.807) is 24.1 Å². The molecule has 0 aromatic carbocycles. The van der Waals surface area contributed by atoms with Gasteiger partial charge in [-0.15, -0.1) is 11.3 Å². The molecular formula is C15H18N4O2S. The zero-order valence-corrected chi connectivity index (χ0v) is 13.3. The van der Waals surface area contributed by atoms with Crippen molar-refractivity contribution in [1.29, 1.82) is 0 Å². The molecule has 3 rings (SSSR count). The van der Waals surface area contributed by atoms with E-state index in [1.165, 1.54) is 11.3 Å². The second-order valence-corrected chi connectivity index (χ2v) is 6.11. The number of thiazole rings is 1. The molecule has 116 valence electrons. The monoisotopic (exact) mass is 318 g/mol. The van der Waals surface area contributed by atoms with Crippen LogP contribution in [0.25, 0.3) is 0 Å². The number of rotatable bonds is 4. The van der Waals surface area contributed by atoms with Gasteiger partial charge in [0.1, 0.15) is 4.88 Å². The Labute approximate surface area is 133 Å². The Morgan fingerprint density at radius 2 is 2.32 bits per heavy atom. The lowest BCUT2D eigenvalue weighted by Gasteiger charge is -2.35. The first kappa shape index (κ1) is 15.1. The van der Waals surface area contributed by atoms with Crippen LogP contribution in [-0.4, -0.2) is 51.6 Å². The number of carbonyl (C=O) groups is 1. The van der Waals surface area contributed by atoms with E-state index in [4.69, 9.17) is 4.74 Å². The normalized spacial score (nSPS) is 18.4. The fraction of sp³-hybridized carbons (Fsp3) is 0.467. The molecule has 0 unspecified atom stereocenters. The van der Waals surface area contributed by atoms with E-state index in [-0.39, 0.29) is 11.9 Å². The van der Waals surface area contributed by atoms with E-state index in [0.717, 1.165) is 24.2 Å². The zero-order chi connectivity index (χ0) is 15.4. The SMILES string of the molecule is Cc1nccnc1CC[C@@H]1COCCN1C(=O)c1cncs1. The van der Waals surface area contributed by atoms with Crippen LogP contribution in [0.1, 0.15) is 27.5 Å². The van der Waals surface area contributed by atoms with Crippen molar-refractivity contribution in [2.45, 2.75) is 25.8 Å². The number of amides is 1. The first-order valence-corrected chi connectivity index (χ1v) is 8.17. The number of carbonyl (C=O) groups excluding carboxylic acids is 1. The second kappa shape index (κ2) is 6.93. The smallest absolute Gasteiger partial charge is 0.265 e. The molecule has 1 aliphatic heterocycles. The Balaban J connectivity index is 1.68. The Morgan fingerprint density at radius 3 is 3.09 bits per heavy atom. The maximum Gasteiger partial charge on any atom is 0.265 e. The van der Waals surface area contributed by atoms with Gasteiger partial charge in [-0.3, -0.25) is 19.7 Å². The Hall–Kier alpha value is -1.86. The summed E-state index contributed by atoms with van der Waals surface area (Å²) in [5.41, 5.74) is 3.61. The minimum atomic E-state index is 0.0478. The molecule has 0 radical (unpaired) electrons. The topological polar surface area (TPSA) is 68.2 Å². The average molecular weight is 318 g/mol. The molecule has 0 saturated carbocycles. The molecule has 1 aliphatic rings. The molecule has 2 aromatic rings. The van der Waals surface area contributed by atoms with Crippen molar-refractivity contribution in [3.05, 3.63) is 40.4 Å². The number of aryl methyl sites for hydroxylation is 2. The molecule has 0 spiro atoms. The highest BCUT2D eigenvalue weighted by Crippen LogP contribution is 2.18. The van der Waals surface area contributed by atoms with Gasteiger partial charge in [-0.25, -0.2) is 0 Å². The molecule has 1 saturated heterocycles. The van der Waals surface area contributed by atoms with Gasteiger partial charge in [0.25, 0.3) is 5.91 Å². The van der Waals surface area contributed by atoms with Crippen molar-refractivity contribution in [1.82, 2.24) is 19.9 Å². The summed E-state index contributed by atoms with van der Waals surface area (Å²) >= 11 is 1.38. The lowest BCUT2D eigenvalue weighted by molar-refractivity contribution is -0.00389. The maximum atomic E-state index is 12.6. The van der Waals surface area contributed by atoms with Gasteiger partial charge >= 0.3 is 0 Å². The Bertz CT molecular complexity index is 632. The van der Waals surface area contributed by atoms with Gasteiger partial charge in [0, 0.05) is 18.9 Å². The number of aromatic nitrogens is 3. The molecular weight excluding hydrogens is 300 g/mol. The second-order valence-electron chi connectivity index (χ2n) is 5.22. The highest BCUT2D eigenvalue weighted by atomic mass is 32.1. The summed E-state index contributed by atoms with van der Waals surface area (Å²) in [6.07, 6.45) is 6.65. The quantitative estimate of drug-likeness (QED) is 0.858. The van der Waals surface area contributed by atoms with E-state index in [0.29, 0.717) is 24.6 Å². The molecule has 1 fully saturated rings. The third-order valence-corrected chi connectivity index (χ3v) is 4.59. The minimum Gasteiger partial charge on any atom is -0.377 e. The summed E-state index contributed by atoms with van der Waals surface area (Å²) in [6, 6.07) is 0.0738. The lowest BCUT2D eigenvalue weighted by atomic mass is 10.1. The van der Waals surface area contributed by atoms with Gasteiger partial charge in [0.05, 0.1) is 42.4 Å². The van der Waals surface area contributed by atoms with E-state index in [2.05, 4.69) is 15.0 Å². The molecule has 3 heterocycles. The summed E-state index contributed by atoms with van der Waals surface area (Å²) in [7, 11) is 0. The molecule has 1 amide bonds. The number of ether oxygens (including phenoxy) is 1. The molecule has 0 aliphatic carbocycles. The van der Waals surface area contributed by atoms with E-state index in [9.17, 15) is 4.79 Å². The summed E-state index contributed by atoms with van der Waals surface area (Å²) in [5.74, 6) is 0.0478. The van der Waals surface area contributed by atoms with Crippen molar-refractivity contribution in [3.8, 4) is 0 Å². The number of nitrogens with zero attached hydrogens (tertiary/aromatic N) is 4. The summed E-state index contributed by atoms with van der Waals surface area (Å²) in [4.78, 5) is 27.8. The van der Waals surface area contributed by atoms with Gasteiger partial charge in [-0.2, -0.15) is 0 Å². The predicted molar refractivity (Wildman–Crippen MR) is 82.8 cm³/mol. The third kappa shape index (κ3) is 3.31. The van der Waals surface area contributed by atoms with Crippen LogP contribution in [-0.2, 0) is 11.2 Å². The number of hydrogen-bond acceptors (Lipinski definition) is 6. The van der Waals surface area contributed by atoms with Gasteiger partial charge in [0.15, 0.2) is 0 Å². The molecule has 0 bridgehead atoms. The van der Waals surface area contributed by atoms with E-state index < -0.39 is 0 Å². The van der Waals surface area contributed by atoms with Crippen LogP contribution in [0.15, 0.2) is 24.1 Å². The van der Waals surface area contributed by atoms with E-state index in [1.807, 2.05) is 11.8 Å². The van der Waals surface area contributed by atoms with Gasteiger partial charge in [-0.1, -0.05) is 0 Å². The van der Waals surface area contributed by atoms with Crippen molar-refractivity contribution in [2.75, 3.05) is 19.8 Å². The number of hydrogen-bond donors (Lipinski definition) is 0.